The highest BCUT2D eigenvalue weighted by Crippen LogP contribution is 2.32. The van der Waals surface area contributed by atoms with E-state index in [0.717, 1.165) is 17.7 Å². The molecule has 0 fully saturated rings. The molecule has 2 unspecified atom stereocenters. The van der Waals surface area contributed by atoms with Gasteiger partial charge in [0, 0.05) is 11.8 Å². The SMILES string of the molecule is CC1Cc2cc(C(O)c3cscn3)ccc2O1. The van der Waals surface area contributed by atoms with E-state index in [4.69, 9.17) is 4.74 Å². The van der Waals surface area contributed by atoms with Crippen LogP contribution in [0.1, 0.15) is 29.8 Å². The minimum atomic E-state index is -0.637. The number of hydrogen-bond acceptors (Lipinski definition) is 4. The second kappa shape index (κ2) is 4.13. The molecule has 0 bridgehead atoms. The maximum Gasteiger partial charge on any atom is 0.123 e. The van der Waals surface area contributed by atoms with Crippen molar-refractivity contribution in [3.63, 3.8) is 0 Å². The van der Waals surface area contributed by atoms with E-state index in [-0.39, 0.29) is 6.10 Å². The first kappa shape index (κ1) is 10.7. The summed E-state index contributed by atoms with van der Waals surface area (Å²) in [5, 5.41) is 12.1. The number of thiazole rings is 1. The standard InChI is InChI=1S/C13H13NO2S/c1-8-4-10-5-9(2-3-12(10)16-8)13(15)11-6-17-7-14-11/h2-3,5-8,13,15H,4H2,1H3. The zero-order valence-corrected chi connectivity index (χ0v) is 10.3. The summed E-state index contributed by atoms with van der Waals surface area (Å²) in [7, 11) is 0. The molecule has 3 rings (SSSR count). The number of aliphatic hydroxyl groups is 1. The first-order valence-electron chi connectivity index (χ1n) is 5.59. The smallest absolute Gasteiger partial charge is 0.123 e. The van der Waals surface area contributed by atoms with Gasteiger partial charge >= 0.3 is 0 Å². The molecule has 17 heavy (non-hydrogen) atoms. The molecule has 0 saturated carbocycles. The molecule has 1 aromatic carbocycles. The van der Waals surface area contributed by atoms with Crippen LogP contribution in [-0.2, 0) is 6.42 Å². The molecule has 1 aromatic heterocycles. The molecule has 0 aliphatic carbocycles. The van der Waals surface area contributed by atoms with E-state index in [0.29, 0.717) is 5.69 Å². The molecular formula is C13H13NO2S. The average molecular weight is 247 g/mol. The van der Waals surface area contributed by atoms with Crippen molar-refractivity contribution in [2.24, 2.45) is 0 Å². The van der Waals surface area contributed by atoms with Crippen LogP contribution >= 0.6 is 11.3 Å². The van der Waals surface area contributed by atoms with Crippen molar-refractivity contribution in [3.8, 4) is 5.75 Å². The highest BCUT2D eigenvalue weighted by molar-refractivity contribution is 7.07. The van der Waals surface area contributed by atoms with Crippen LogP contribution in [0.4, 0.5) is 0 Å². The highest BCUT2D eigenvalue weighted by Gasteiger charge is 2.21. The Morgan fingerprint density at radius 2 is 2.41 bits per heavy atom. The molecule has 2 atom stereocenters. The van der Waals surface area contributed by atoms with Gasteiger partial charge in [0.15, 0.2) is 0 Å². The summed E-state index contributed by atoms with van der Waals surface area (Å²) in [5.74, 6) is 0.937. The Balaban J connectivity index is 1.93. The Kier molecular flexibility index (Phi) is 2.61. The maximum absolute atomic E-state index is 10.2. The Labute approximate surface area is 104 Å². The van der Waals surface area contributed by atoms with Crippen LogP contribution < -0.4 is 4.74 Å². The topological polar surface area (TPSA) is 42.4 Å². The van der Waals surface area contributed by atoms with Gasteiger partial charge in [0.05, 0.1) is 11.2 Å². The minimum Gasteiger partial charge on any atom is -0.490 e. The fraction of sp³-hybridized carbons (Fsp3) is 0.308. The van der Waals surface area contributed by atoms with Crippen LogP contribution in [0.25, 0.3) is 0 Å². The molecule has 2 aromatic rings. The third-order valence-corrected chi connectivity index (χ3v) is 3.57. The molecule has 0 radical (unpaired) electrons. The monoisotopic (exact) mass is 247 g/mol. The zero-order chi connectivity index (χ0) is 11.8. The number of aliphatic hydroxyl groups excluding tert-OH is 1. The van der Waals surface area contributed by atoms with Gasteiger partial charge in [-0.3, -0.25) is 0 Å². The van der Waals surface area contributed by atoms with Gasteiger partial charge in [-0.15, -0.1) is 11.3 Å². The Morgan fingerprint density at radius 1 is 1.53 bits per heavy atom. The second-order valence-electron chi connectivity index (χ2n) is 4.32. The van der Waals surface area contributed by atoms with Gasteiger partial charge in [-0.25, -0.2) is 4.98 Å². The van der Waals surface area contributed by atoms with Crippen LogP contribution in [0.5, 0.6) is 5.75 Å². The van der Waals surface area contributed by atoms with E-state index in [1.807, 2.05) is 23.6 Å². The summed E-state index contributed by atoms with van der Waals surface area (Å²) in [4.78, 5) is 4.14. The van der Waals surface area contributed by atoms with Crippen molar-refractivity contribution >= 4 is 11.3 Å². The Hall–Kier alpha value is -1.39. The molecule has 88 valence electrons. The van der Waals surface area contributed by atoms with Gasteiger partial charge in [-0.1, -0.05) is 6.07 Å². The van der Waals surface area contributed by atoms with E-state index < -0.39 is 6.10 Å². The Morgan fingerprint density at radius 3 is 3.18 bits per heavy atom. The van der Waals surface area contributed by atoms with Crippen LogP contribution in [0, 0.1) is 0 Å². The zero-order valence-electron chi connectivity index (χ0n) is 9.46. The van der Waals surface area contributed by atoms with Gasteiger partial charge in [0.1, 0.15) is 18.0 Å². The highest BCUT2D eigenvalue weighted by atomic mass is 32.1. The number of aromatic nitrogens is 1. The van der Waals surface area contributed by atoms with Crippen molar-refractivity contribution < 1.29 is 9.84 Å². The fourth-order valence-electron chi connectivity index (χ4n) is 2.14. The lowest BCUT2D eigenvalue weighted by Crippen LogP contribution is -2.05. The van der Waals surface area contributed by atoms with Crippen LogP contribution in [0.3, 0.4) is 0 Å². The molecule has 0 saturated heterocycles. The van der Waals surface area contributed by atoms with E-state index in [2.05, 4.69) is 11.9 Å². The van der Waals surface area contributed by atoms with E-state index in [9.17, 15) is 5.11 Å². The third-order valence-electron chi connectivity index (χ3n) is 2.97. The lowest BCUT2D eigenvalue weighted by molar-refractivity contribution is 0.216. The molecule has 1 N–H and O–H groups in total. The van der Waals surface area contributed by atoms with Crippen molar-refractivity contribution in [1.29, 1.82) is 0 Å². The number of benzene rings is 1. The summed E-state index contributed by atoms with van der Waals surface area (Å²) >= 11 is 1.49. The molecular weight excluding hydrogens is 234 g/mol. The largest absolute Gasteiger partial charge is 0.490 e. The summed E-state index contributed by atoms with van der Waals surface area (Å²) in [5.41, 5.74) is 4.50. The first-order chi connectivity index (χ1) is 8.24. The summed E-state index contributed by atoms with van der Waals surface area (Å²) in [6.45, 7) is 2.05. The number of ether oxygens (including phenoxy) is 1. The van der Waals surface area contributed by atoms with Crippen molar-refractivity contribution in [2.75, 3.05) is 0 Å². The predicted octanol–water partition coefficient (Wildman–Crippen LogP) is 2.55. The average Bonchev–Trinajstić information content (AvgIpc) is 2.94. The molecule has 0 spiro atoms. The number of nitrogens with zero attached hydrogens (tertiary/aromatic N) is 1. The summed E-state index contributed by atoms with van der Waals surface area (Å²) in [6, 6.07) is 5.85. The van der Waals surface area contributed by atoms with Crippen molar-refractivity contribution in [1.82, 2.24) is 4.98 Å². The molecule has 0 amide bonds. The van der Waals surface area contributed by atoms with Crippen LogP contribution in [0.15, 0.2) is 29.1 Å². The van der Waals surface area contributed by atoms with Gasteiger partial charge < -0.3 is 9.84 Å². The number of hydrogen-bond donors (Lipinski definition) is 1. The second-order valence-corrected chi connectivity index (χ2v) is 5.03. The Bertz CT molecular complexity index is 524. The van der Waals surface area contributed by atoms with Crippen molar-refractivity contribution in [2.45, 2.75) is 25.6 Å². The lowest BCUT2D eigenvalue weighted by Gasteiger charge is -2.09. The van der Waals surface area contributed by atoms with Gasteiger partial charge in [-0.2, -0.15) is 0 Å². The maximum atomic E-state index is 10.2. The molecule has 4 heteroatoms. The molecule has 1 aliphatic heterocycles. The van der Waals surface area contributed by atoms with E-state index >= 15 is 0 Å². The van der Waals surface area contributed by atoms with Gasteiger partial charge in [0.25, 0.3) is 0 Å². The fourth-order valence-corrected chi connectivity index (χ4v) is 2.71. The number of fused-ring (bicyclic) bond motifs is 1. The first-order valence-corrected chi connectivity index (χ1v) is 6.54. The van der Waals surface area contributed by atoms with Crippen LogP contribution in [0.2, 0.25) is 0 Å². The molecule has 3 nitrogen and oxygen atoms in total. The number of rotatable bonds is 2. The normalized spacial score (nSPS) is 19.8. The lowest BCUT2D eigenvalue weighted by atomic mass is 10.0. The minimum absolute atomic E-state index is 0.233. The molecule has 2 heterocycles. The quantitative estimate of drug-likeness (QED) is 0.886. The molecule has 1 aliphatic rings. The van der Waals surface area contributed by atoms with Gasteiger partial charge in [0.2, 0.25) is 0 Å². The van der Waals surface area contributed by atoms with Gasteiger partial charge in [-0.05, 0) is 30.2 Å². The van der Waals surface area contributed by atoms with E-state index in [1.54, 1.807) is 5.51 Å². The third kappa shape index (κ3) is 1.94. The predicted molar refractivity (Wildman–Crippen MR) is 66.4 cm³/mol. The van der Waals surface area contributed by atoms with Crippen LogP contribution in [-0.4, -0.2) is 16.2 Å². The van der Waals surface area contributed by atoms with E-state index in [1.165, 1.54) is 16.9 Å². The summed E-state index contributed by atoms with van der Waals surface area (Å²) < 4.78 is 5.64. The summed E-state index contributed by atoms with van der Waals surface area (Å²) in [6.07, 6.45) is 0.506. The van der Waals surface area contributed by atoms with Crippen molar-refractivity contribution in [3.05, 3.63) is 45.9 Å².